The Labute approximate surface area is 313 Å². The fourth-order valence-corrected chi connectivity index (χ4v) is 8.79. The molecule has 0 N–H and O–H groups in total. The molecule has 53 heavy (non-hydrogen) atoms. The summed E-state index contributed by atoms with van der Waals surface area (Å²) in [4.78, 5) is 4.72. The number of anilines is 6. The number of hydrogen-bond acceptors (Lipinski definition) is 3. The molecule has 0 bridgehead atoms. The van der Waals surface area contributed by atoms with Crippen LogP contribution in [0.5, 0.6) is 0 Å². The van der Waals surface area contributed by atoms with Crippen molar-refractivity contribution in [3.63, 3.8) is 0 Å². The van der Waals surface area contributed by atoms with Crippen molar-refractivity contribution in [2.45, 2.75) is 0 Å². The molecule has 3 heteroatoms. The van der Waals surface area contributed by atoms with Gasteiger partial charge >= 0.3 is 0 Å². The van der Waals surface area contributed by atoms with Gasteiger partial charge in [-0.1, -0.05) is 121 Å². The minimum absolute atomic E-state index is 1.08. The third-order valence-corrected chi connectivity index (χ3v) is 11.3. The first kappa shape index (κ1) is 31.1. The van der Waals surface area contributed by atoms with Crippen LogP contribution >= 0.6 is 11.3 Å². The maximum absolute atomic E-state index is 2.41. The lowest BCUT2D eigenvalue weighted by Gasteiger charge is -2.29. The first-order chi connectivity index (χ1) is 26.3. The summed E-state index contributed by atoms with van der Waals surface area (Å²) in [5.41, 5.74) is 9.00. The summed E-state index contributed by atoms with van der Waals surface area (Å²) in [5, 5.41) is 7.66. The third-order valence-electron chi connectivity index (χ3n) is 10.2. The summed E-state index contributed by atoms with van der Waals surface area (Å²) in [6.07, 6.45) is 0. The Morgan fingerprint density at radius 2 is 0.755 bits per heavy atom. The lowest BCUT2D eigenvalue weighted by molar-refractivity contribution is 1.25. The highest BCUT2D eigenvalue weighted by atomic mass is 32.1. The van der Waals surface area contributed by atoms with E-state index in [1.165, 1.54) is 52.8 Å². The molecule has 10 aromatic rings. The van der Waals surface area contributed by atoms with Crippen LogP contribution in [0.3, 0.4) is 0 Å². The van der Waals surface area contributed by atoms with Crippen LogP contribution in [-0.4, -0.2) is 0 Å². The van der Waals surface area contributed by atoms with E-state index in [0.29, 0.717) is 0 Å². The Bertz CT molecular complexity index is 2880. The summed E-state index contributed by atoms with van der Waals surface area (Å²) in [6, 6.07) is 74.6. The molecular weight excluding hydrogens is 661 g/mol. The maximum Gasteiger partial charge on any atom is 0.0482 e. The minimum Gasteiger partial charge on any atom is -0.310 e. The van der Waals surface area contributed by atoms with Crippen LogP contribution in [0.4, 0.5) is 34.1 Å². The molecule has 0 saturated heterocycles. The molecule has 0 amide bonds. The molecule has 9 aromatic carbocycles. The first-order valence-electron chi connectivity index (χ1n) is 18.0. The predicted octanol–water partition coefficient (Wildman–Crippen LogP) is 15.0. The maximum atomic E-state index is 2.41. The van der Waals surface area contributed by atoms with E-state index in [1.807, 2.05) is 11.3 Å². The van der Waals surface area contributed by atoms with Crippen molar-refractivity contribution in [2.24, 2.45) is 0 Å². The molecule has 0 spiro atoms. The number of para-hydroxylation sites is 2. The Kier molecular flexibility index (Phi) is 7.71. The first-order valence-corrected chi connectivity index (χ1v) is 18.8. The number of fused-ring (bicyclic) bond motifs is 6. The van der Waals surface area contributed by atoms with Crippen LogP contribution in [0.2, 0.25) is 0 Å². The molecule has 0 aliphatic heterocycles. The van der Waals surface area contributed by atoms with E-state index in [-0.39, 0.29) is 0 Å². The fraction of sp³-hybridized carbons (Fsp3) is 0. The van der Waals surface area contributed by atoms with Gasteiger partial charge in [0.05, 0.1) is 0 Å². The van der Waals surface area contributed by atoms with E-state index in [2.05, 4.69) is 216 Å². The van der Waals surface area contributed by atoms with Gasteiger partial charge in [0.25, 0.3) is 0 Å². The number of hydrogen-bond donors (Lipinski definition) is 0. The van der Waals surface area contributed by atoms with Crippen LogP contribution < -0.4 is 9.80 Å². The van der Waals surface area contributed by atoms with E-state index in [1.54, 1.807) is 0 Å². The number of thiophene rings is 1. The molecule has 0 atom stereocenters. The highest BCUT2D eigenvalue weighted by Gasteiger charge is 2.18. The summed E-state index contributed by atoms with van der Waals surface area (Å²) >= 11 is 1.87. The van der Waals surface area contributed by atoms with E-state index in [0.717, 1.165) is 34.1 Å². The van der Waals surface area contributed by atoms with Gasteiger partial charge in [-0.2, -0.15) is 0 Å². The molecule has 0 fully saturated rings. The molecule has 0 aliphatic carbocycles. The molecular formula is C50H34N2S. The third kappa shape index (κ3) is 5.68. The van der Waals surface area contributed by atoms with Gasteiger partial charge in [-0.15, -0.1) is 11.3 Å². The molecule has 0 saturated carbocycles. The van der Waals surface area contributed by atoms with Crippen LogP contribution in [0.25, 0.3) is 52.8 Å². The monoisotopic (exact) mass is 694 g/mol. The van der Waals surface area contributed by atoms with E-state index < -0.39 is 0 Å². The normalized spacial score (nSPS) is 11.4. The average molecular weight is 695 g/mol. The molecule has 1 heterocycles. The van der Waals surface area contributed by atoms with E-state index in [9.17, 15) is 0 Å². The second-order valence-corrected chi connectivity index (χ2v) is 14.5. The van der Waals surface area contributed by atoms with Gasteiger partial charge < -0.3 is 9.80 Å². The number of nitrogens with zero attached hydrogens (tertiary/aromatic N) is 2. The Morgan fingerprint density at radius 1 is 0.264 bits per heavy atom. The van der Waals surface area contributed by atoms with Gasteiger partial charge in [-0.3, -0.25) is 0 Å². The van der Waals surface area contributed by atoms with Gasteiger partial charge in [-0.25, -0.2) is 0 Å². The fourth-order valence-electron chi connectivity index (χ4n) is 7.65. The summed E-state index contributed by atoms with van der Waals surface area (Å²) < 4.78 is 2.66. The zero-order valence-electron chi connectivity index (χ0n) is 28.9. The zero-order valence-corrected chi connectivity index (χ0v) is 29.7. The van der Waals surface area contributed by atoms with Crippen molar-refractivity contribution in [1.29, 1.82) is 0 Å². The van der Waals surface area contributed by atoms with Crippen molar-refractivity contribution in [1.82, 2.24) is 0 Å². The Balaban J connectivity index is 1.12. The van der Waals surface area contributed by atoms with E-state index in [4.69, 9.17) is 0 Å². The van der Waals surface area contributed by atoms with Gasteiger partial charge in [0.2, 0.25) is 0 Å². The number of benzene rings is 9. The molecule has 0 aliphatic rings. The summed E-state index contributed by atoms with van der Waals surface area (Å²) in [5.74, 6) is 0. The van der Waals surface area contributed by atoms with Crippen molar-refractivity contribution < 1.29 is 0 Å². The molecule has 1 aromatic heterocycles. The zero-order chi connectivity index (χ0) is 35.1. The topological polar surface area (TPSA) is 6.48 Å². The Morgan fingerprint density at radius 3 is 1.47 bits per heavy atom. The van der Waals surface area contributed by atoms with Gasteiger partial charge in [0.1, 0.15) is 0 Å². The van der Waals surface area contributed by atoms with Crippen LogP contribution in [0.15, 0.2) is 206 Å². The molecule has 10 rings (SSSR count). The lowest BCUT2D eigenvalue weighted by atomic mass is 9.99. The van der Waals surface area contributed by atoms with Crippen LogP contribution in [0.1, 0.15) is 0 Å². The largest absolute Gasteiger partial charge is 0.310 e. The van der Waals surface area contributed by atoms with Gasteiger partial charge in [-0.05, 0) is 118 Å². The molecule has 0 unspecified atom stereocenters. The smallest absolute Gasteiger partial charge is 0.0482 e. The second-order valence-electron chi connectivity index (χ2n) is 13.4. The van der Waals surface area contributed by atoms with Gasteiger partial charge in [0.15, 0.2) is 0 Å². The highest BCUT2D eigenvalue weighted by Crippen LogP contribution is 2.43. The standard InChI is InChI=1S/C50H34N2S/c1-4-13-35(14-5-1)36-25-28-41(29-26-36)51(39-15-6-2-7-16-39)42-19-12-20-43(32-42)52(40-17-8-3-9-18-40)44-30-27-37-23-24-38-31-50-48(34-47(38)46(37)33-44)45-21-10-11-22-49(45)53-50/h1-34H. The second kappa shape index (κ2) is 13.1. The quantitative estimate of drug-likeness (QED) is 0.153. The number of rotatable bonds is 7. The lowest BCUT2D eigenvalue weighted by Crippen LogP contribution is -2.13. The molecule has 0 radical (unpaired) electrons. The summed E-state index contributed by atoms with van der Waals surface area (Å²) in [6.45, 7) is 0. The highest BCUT2D eigenvalue weighted by molar-refractivity contribution is 7.25. The van der Waals surface area contributed by atoms with E-state index >= 15 is 0 Å². The minimum atomic E-state index is 1.08. The van der Waals surface area contributed by atoms with Gasteiger partial charge in [0, 0.05) is 54.3 Å². The van der Waals surface area contributed by atoms with Crippen molar-refractivity contribution in [2.75, 3.05) is 9.80 Å². The summed E-state index contributed by atoms with van der Waals surface area (Å²) in [7, 11) is 0. The Hall–Kier alpha value is -6.68. The van der Waals surface area contributed by atoms with Crippen molar-refractivity contribution in [3.8, 4) is 11.1 Å². The molecule has 2 nitrogen and oxygen atoms in total. The SMILES string of the molecule is c1ccc(-c2ccc(N(c3ccccc3)c3cccc(N(c4ccccc4)c4ccc5ccc6cc7sc8ccccc8c7cc6c5c4)c3)cc2)cc1. The van der Waals surface area contributed by atoms with Crippen LogP contribution in [-0.2, 0) is 0 Å². The predicted molar refractivity (Wildman–Crippen MR) is 229 cm³/mol. The van der Waals surface area contributed by atoms with Crippen molar-refractivity contribution >= 4 is 87.2 Å². The van der Waals surface area contributed by atoms with Crippen molar-refractivity contribution in [3.05, 3.63) is 206 Å². The van der Waals surface area contributed by atoms with Crippen LogP contribution in [0, 0.1) is 0 Å². The average Bonchev–Trinajstić information content (AvgIpc) is 3.59. The molecule has 250 valence electrons.